The van der Waals surface area contributed by atoms with E-state index in [0.717, 1.165) is 6.42 Å². The summed E-state index contributed by atoms with van der Waals surface area (Å²) in [4.78, 5) is 26.5. The summed E-state index contributed by atoms with van der Waals surface area (Å²) in [6.07, 6.45) is 5.82. The molecule has 0 saturated carbocycles. The summed E-state index contributed by atoms with van der Waals surface area (Å²) in [6, 6.07) is 0.364. The third-order valence-corrected chi connectivity index (χ3v) is 2.13. The molecule has 0 bridgehead atoms. The van der Waals surface area contributed by atoms with Crippen molar-refractivity contribution in [3.05, 3.63) is 38.7 Å². The van der Waals surface area contributed by atoms with Gasteiger partial charge in [0.25, 0.3) is 5.56 Å². The number of aromatic nitrogens is 2. The van der Waals surface area contributed by atoms with Gasteiger partial charge < -0.3 is 10.3 Å². The average molecular weight is 209 g/mol. The van der Waals surface area contributed by atoms with Gasteiger partial charge in [0, 0.05) is 12.2 Å². The molecule has 82 valence electrons. The van der Waals surface area contributed by atoms with E-state index in [2.05, 4.69) is 15.3 Å². The Kier molecular flexibility index (Phi) is 4.05. The highest BCUT2D eigenvalue weighted by molar-refractivity contribution is 5.45. The van der Waals surface area contributed by atoms with Gasteiger partial charge in [-0.15, -0.1) is 0 Å². The zero-order valence-electron chi connectivity index (χ0n) is 8.83. The molecule has 0 spiro atoms. The minimum atomic E-state index is -0.485. The summed E-state index contributed by atoms with van der Waals surface area (Å²) < 4.78 is 0. The molecule has 0 radical (unpaired) electrons. The molecule has 1 aromatic heterocycles. The second-order valence-corrected chi connectivity index (χ2v) is 3.36. The number of rotatable bonds is 4. The van der Waals surface area contributed by atoms with Crippen LogP contribution in [-0.2, 0) is 0 Å². The second-order valence-electron chi connectivity index (χ2n) is 3.36. The molecule has 1 atom stereocenters. The van der Waals surface area contributed by atoms with Crippen LogP contribution in [0.1, 0.15) is 18.9 Å². The van der Waals surface area contributed by atoms with Crippen LogP contribution in [0.2, 0.25) is 0 Å². The Morgan fingerprint density at radius 1 is 1.53 bits per heavy atom. The molecule has 0 aromatic carbocycles. The highest BCUT2D eigenvalue weighted by atomic mass is 16.2. The third-order valence-electron chi connectivity index (χ3n) is 2.13. The molecule has 0 amide bonds. The number of nitrogens with one attached hydrogen (secondary N) is 3. The molecular weight excluding hydrogens is 194 g/mol. The summed E-state index contributed by atoms with van der Waals surface area (Å²) in [5, 5.41) is 3.08. The largest absolute Gasteiger partial charge is 0.325 e. The van der Waals surface area contributed by atoms with Gasteiger partial charge in [-0.05, 0) is 20.4 Å². The van der Waals surface area contributed by atoms with Crippen molar-refractivity contribution < 1.29 is 0 Å². The lowest BCUT2D eigenvalue weighted by Crippen LogP contribution is -2.23. The molecule has 0 aliphatic carbocycles. The third kappa shape index (κ3) is 3.55. The van der Waals surface area contributed by atoms with Crippen LogP contribution in [0.25, 0.3) is 6.08 Å². The molecule has 1 rings (SSSR count). The maximum Gasteiger partial charge on any atom is 0.325 e. The maximum atomic E-state index is 11.2. The SMILES string of the molecule is CN[C@@H](C)CC=Cc1c[nH]c(=O)[nH]c1=O. The van der Waals surface area contributed by atoms with E-state index in [-0.39, 0.29) is 5.56 Å². The van der Waals surface area contributed by atoms with Crippen LogP contribution >= 0.6 is 0 Å². The van der Waals surface area contributed by atoms with Crippen molar-refractivity contribution in [3.63, 3.8) is 0 Å². The van der Waals surface area contributed by atoms with Crippen molar-refractivity contribution in [1.82, 2.24) is 15.3 Å². The van der Waals surface area contributed by atoms with Crippen molar-refractivity contribution in [2.24, 2.45) is 0 Å². The molecule has 15 heavy (non-hydrogen) atoms. The molecule has 0 aliphatic rings. The van der Waals surface area contributed by atoms with Crippen molar-refractivity contribution in [2.45, 2.75) is 19.4 Å². The van der Waals surface area contributed by atoms with Crippen LogP contribution in [-0.4, -0.2) is 23.1 Å². The Morgan fingerprint density at radius 2 is 2.27 bits per heavy atom. The van der Waals surface area contributed by atoms with Crippen LogP contribution < -0.4 is 16.6 Å². The molecule has 0 aliphatic heterocycles. The number of aromatic amines is 2. The fourth-order valence-electron chi connectivity index (χ4n) is 1.06. The van der Waals surface area contributed by atoms with Gasteiger partial charge in [0.15, 0.2) is 0 Å². The Morgan fingerprint density at radius 3 is 2.87 bits per heavy atom. The Bertz CT molecular complexity index is 444. The van der Waals surface area contributed by atoms with Gasteiger partial charge in [-0.1, -0.05) is 12.2 Å². The average Bonchev–Trinajstić information content (AvgIpc) is 2.21. The minimum Gasteiger partial charge on any atom is -0.317 e. The fourth-order valence-corrected chi connectivity index (χ4v) is 1.06. The summed E-state index contributed by atoms with van der Waals surface area (Å²) in [6.45, 7) is 2.04. The first kappa shape index (κ1) is 11.5. The predicted octanol–water partition coefficient (Wildman–Crippen LogP) is 0.0744. The molecule has 1 heterocycles. The lowest BCUT2D eigenvalue weighted by molar-refractivity contribution is 0.621. The standard InChI is InChI=1S/C10H15N3O2/c1-7(11-2)4-3-5-8-6-12-10(15)13-9(8)14/h3,5-7,11H,4H2,1-2H3,(H2,12,13,14,15)/t7-/m0/s1. The van der Waals surface area contributed by atoms with Gasteiger partial charge in [-0.2, -0.15) is 0 Å². The molecule has 1 aromatic rings. The molecule has 0 unspecified atom stereocenters. The first-order chi connectivity index (χ1) is 7.13. The van der Waals surface area contributed by atoms with E-state index in [0.29, 0.717) is 11.6 Å². The second kappa shape index (κ2) is 5.31. The van der Waals surface area contributed by atoms with Crippen molar-refractivity contribution in [2.75, 3.05) is 7.05 Å². The van der Waals surface area contributed by atoms with Crippen LogP contribution in [0, 0.1) is 0 Å². The molecule has 5 nitrogen and oxygen atoms in total. The van der Waals surface area contributed by atoms with Gasteiger partial charge in [0.05, 0.1) is 5.56 Å². The van der Waals surface area contributed by atoms with Crippen LogP contribution in [0.3, 0.4) is 0 Å². The number of hydrogen-bond acceptors (Lipinski definition) is 3. The summed E-state index contributed by atoms with van der Waals surface area (Å²) in [5.41, 5.74) is -0.397. The smallest absolute Gasteiger partial charge is 0.317 e. The summed E-state index contributed by atoms with van der Waals surface area (Å²) >= 11 is 0. The Hall–Kier alpha value is -1.62. The van der Waals surface area contributed by atoms with Gasteiger partial charge in [0.2, 0.25) is 0 Å². The normalized spacial score (nSPS) is 13.2. The Balaban J connectivity index is 2.73. The predicted molar refractivity (Wildman–Crippen MR) is 59.9 cm³/mol. The van der Waals surface area contributed by atoms with Crippen LogP contribution in [0.15, 0.2) is 21.9 Å². The molecule has 0 saturated heterocycles. The fraction of sp³-hybridized carbons (Fsp3) is 0.400. The number of hydrogen-bond donors (Lipinski definition) is 3. The quantitative estimate of drug-likeness (QED) is 0.657. The van der Waals surface area contributed by atoms with Crippen molar-refractivity contribution >= 4 is 6.08 Å². The zero-order chi connectivity index (χ0) is 11.3. The van der Waals surface area contributed by atoms with Gasteiger partial charge in [-0.3, -0.25) is 9.78 Å². The van der Waals surface area contributed by atoms with Gasteiger partial charge in [0.1, 0.15) is 0 Å². The highest BCUT2D eigenvalue weighted by Crippen LogP contribution is 1.95. The van der Waals surface area contributed by atoms with E-state index in [9.17, 15) is 9.59 Å². The minimum absolute atomic E-state index is 0.364. The van der Waals surface area contributed by atoms with Crippen molar-refractivity contribution in [3.8, 4) is 0 Å². The molecular formula is C10H15N3O2. The van der Waals surface area contributed by atoms with E-state index in [1.807, 2.05) is 20.0 Å². The van der Waals surface area contributed by atoms with Gasteiger partial charge in [-0.25, -0.2) is 4.79 Å². The first-order valence-corrected chi connectivity index (χ1v) is 4.79. The topological polar surface area (TPSA) is 77.8 Å². The van der Waals surface area contributed by atoms with E-state index in [4.69, 9.17) is 0 Å². The first-order valence-electron chi connectivity index (χ1n) is 4.79. The lowest BCUT2D eigenvalue weighted by atomic mass is 10.2. The maximum absolute atomic E-state index is 11.2. The Labute approximate surface area is 87.2 Å². The van der Waals surface area contributed by atoms with Crippen LogP contribution in [0.5, 0.6) is 0 Å². The van der Waals surface area contributed by atoms with E-state index in [1.165, 1.54) is 6.20 Å². The molecule has 3 N–H and O–H groups in total. The van der Waals surface area contributed by atoms with E-state index < -0.39 is 5.69 Å². The molecule has 0 fully saturated rings. The molecule has 5 heteroatoms. The van der Waals surface area contributed by atoms with Crippen molar-refractivity contribution in [1.29, 1.82) is 0 Å². The summed E-state index contributed by atoms with van der Waals surface area (Å²) in [5.74, 6) is 0. The van der Waals surface area contributed by atoms with E-state index >= 15 is 0 Å². The highest BCUT2D eigenvalue weighted by Gasteiger charge is 1.96. The van der Waals surface area contributed by atoms with Crippen LogP contribution in [0.4, 0.5) is 0 Å². The number of H-pyrrole nitrogens is 2. The van der Waals surface area contributed by atoms with E-state index in [1.54, 1.807) is 6.08 Å². The van der Waals surface area contributed by atoms with Gasteiger partial charge >= 0.3 is 5.69 Å². The summed E-state index contributed by atoms with van der Waals surface area (Å²) in [7, 11) is 1.88. The zero-order valence-corrected chi connectivity index (χ0v) is 8.83. The monoisotopic (exact) mass is 209 g/mol. The lowest BCUT2D eigenvalue weighted by Gasteiger charge is -2.04.